The molecule has 1 saturated carbocycles. The lowest BCUT2D eigenvalue weighted by atomic mass is 9.91. The Kier molecular flexibility index (Phi) is 5.19. The fraction of sp³-hybridized carbons (Fsp3) is 0.579. The lowest BCUT2D eigenvalue weighted by Crippen LogP contribution is -2.56. The predicted octanol–water partition coefficient (Wildman–Crippen LogP) is 2.47. The molecule has 2 amide bonds. The maximum absolute atomic E-state index is 12.9. The first-order chi connectivity index (χ1) is 11.6. The summed E-state index contributed by atoms with van der Waals surface area (Å²) in [5.41, 5.74) is 0.705. The first-order valence-corrected chi connectivity index (χ1v) is 8.85. The Labute approximate surface area is 143 Å². The van der Waals surface area contributed by atoms with Crippen molar-refractivity contribution in [3.8, 4) is 0 Å². The van der Waals surface area contributed by atoms with Crippen molar-refractivity contribution in [1.29, 1.82) is 0 Å². The van der Waals surface area contributed by atoms with Crippen molar-refractivity contribution in [2.45, 2.75) is 63.1 Å². The second-order valence-electron chi connectivity index (χ2n) is 7.15. The molecule has 1 saturated heterocycles. The van der Waals surface area contributed by atoms with E-state index in [0.717, 1.165) is 31.2 Å². The highest BCUT2D eigenvalue weighted by atomic mass is 16.5. The van der Waals surface area contributed by atoms with E-state index in [1.54, 1.807) is 0 Å². The van der Waals surface area contributed by atoms with Crippen LogP contribution < -0.4 is 10.6 Å². The minimum Gasteiger partial charge on any atom is -0.356 e. The number of ether oxygens (including phenoxy) is 1. The number of morpholine rings is 1. The molecule has 0 aromatic heterocycles. The third-order valence-electron chi connectivity index (χ3n) is 5.06. The lowest BCUT2D eigenvalue weighted by Gasteiger charge is -2.36. The lowest BCUT2D eigenvalue weighted by molar-refractivity contribution is -0.149. The number of nitrogens with one attached hydrogen (secondary N) is 2. The van der Waals surface area contributed by atoms with Gasteiger partial charge in [-0.15, -0.1) is 0 Å². The average Bonchev–Trinajstić information content (AvgIpc) is 2.80. The fourth-order valence-corrected chi connectivity index (χ4v) is 3.70. The van der Waals surface area contributed by atoms with E-state index >= 15 is 0 Å². The van der Waals surface area contributed by atoms with Gasteiger partial charge in [-0.2, -0.15) is 0 Å². The molecule has 0 unspecified atom stereocenters. The van der Waals surface area contributed by atoms with Gasteiger partial charge in [-0.1, -0.05) is 56.0 Å². The van der Waals surface area contributed by atoms with Crippen molar-refractivity contribution in [3.05, 3.63) is 35.9 Å². The molecule has 5 nitrogen and oxygen atoms in total. The van der Waals surface area contributed by atoms with E-state index in [9.17, 15) is 9.59 Å². The van der Waals surface area contributed by atoms with Crippen molar-refractivity contribution in [2.75, 3.05) is 6.61 Å². The van der Waals surface area contributed by atoms with Gasteiger partial charge in [0.05, 0.1) is 6.04 Å². The minimum atomic E-state index is -0.690. The van der Waals surface area contributed by atoms with Gasteiger partial charge in [-0.05, 0) is 25.3 Å². The summed E-state index contributed by atoms with van der Waals surface area (Å²) in [6, 6.07) is 9.09. The third-order valence-corrected chi connectivity index (χ3v) is 5.06. The maximum Gasteiger partial charge on any atom is 0.252 e. The van der Waals surface area contributed by atoms with E-state index in [0.29, 0.717) is 0 Å². The topological polar surface area (TPSA) is 67.4 Å². The van der Waals surface area contributed by atoms with Crippen molar-refractivity contribution in [3.63, 3.8) is 0 Å². The Morgan fingerprint density at radius 1 is 1.17 bits per heavy atom. The zero-order chi connectivity index (χ0) is 17.0. The van der Waals surface area contributed by atoms with Crippen LogP contribution in [0.3, 0.4) is 0 Å². The van der Waals surface area contributed by atoms with Crippen LogP contribution in [0.15, 0.2) is 30.3 Å². The van der Waals surface area contributed by atoms with Crippen molar-refractivity contribution in [1.82, 2.24) is 10.6 Å². The summed E-state index contributed by atoms with van der Waals surface area (Å²) in [6.45, 7) is 2.05. The first-order valence-electron chi connectivity index (χ1n) is 8.85. The Bertz CT molecular complexity index is 580. The Balaban J connectivity index is 1.75. The van der Waals surface area contributed by atoms with Crippen LogP contribution >= 0.6 is 0 Å². The molecule has 1 heterocycles. The summed E-state index contributed by atoms with van der Waals surface area (Å²) in [5, 5.41) is 6.11. The van der Waals surface area contributed by atoms with Gasteiger partial charge in [0.2, 0.25) is 5.91 Å². The number of carbonyl (C=O) groups excluding carboxylic acids is 2. The highest BCUT2D eigenvalue weighted by Crippen LogP contribution is 2.28. The molecule has 2 aliphatic rings. The van der Waals surface area contributed by atoms with Crippen LogP contribution in [-0.4, -0.2) is 30.1 Å². The molecule has 2 N–H and O–H groups in total. The molecule has 5 heteroatoms. The molecule has 0 bridgehead atoms. The molecule has 24 heavy (non-hydrogen) atoms. The quantitative estimate of drug-likeness (QED) is 0.837. The summed E-state index contributed by atoms with van der Waals surface area (Å²) in [4.78, 5) is 24.6. The largest absolute Gasteiger partial charge is 0.356 e. The number of hydrogen-bond donors (Lipinski definition) is 2. The number of carbonyl (C=O) groups is 2. The molecule has 0 spiro atoms. The standard InChI is InChI=1S/C19H26N2O3/c1-19(11-7-2-3-8-12-19)21-18(23)17-16(20-15(22)13-24-17)14-9-5-4-6-10-14/h4-6,9-10,16-17H,2-3,7-8,11-13H2,1H3,(H,20,22)(H,21,23)/t16-,17+/m1/s1. The second kappa shape index (κ2) is 7.34. The van der Waals surface area contributed by atoms with Crippen LogP contribution in [-0.2, 0) is 14.3 Å². The number of rotatable bonds is 3. The van der Waals surface area contributed by atoms with E-state index in [-0.39, 0.29) is 24.0 Å². The van der Waals surface area contributed by atoms with Gasteiger partial charge in [0, 0.05) is 5.54 Å². The van der Waals surface area contributed by atoms with Gasteiger partial charge < -0.3 is 15.4 Å². The molecule has 0 radical (unpaired) electrons. The van der Waals surface area contributed by atoms with Crippen molar-refractivity contribution < 1.29 is 14.3 Å². The van der Waals surface area contributed by atoms with Gasteiger partial charge in [0.25, 0.3) is 5.91 Å². The number of hydrogen-bond acceptors (Lipinski definition) is 3. The third kappa shape index (κ3) is 3.96. The van der Waals surface area contributed by atoms with Crippen molar-refractivity contribution >= 4 is 11.8 Å². The molecule has 1 aliphatic carbocycles. The second-order valence-corrected chi connectivity index (χ2v) is 7.15. The molecular weight excluding hydrogens is 304 g/mol. The van der Waals surface area contributed by atoms with Crippen LogP contribution in [0.1, 0.15) is 57.1 Å². The zero-order valence-electron chi connectivity index (χ0n) is 14.2. The van der Waals surface area contributed by atoms with E-state index in [1.165, 1.54) is 12.8 Å². The van der Waals surface area contributed by atoms with Crippen molar-refractivity contribution in [2.24, 2.45) is 0 Å². The van der Waals surface area contributed by atoms with Gasteiger partial charge in [0.15, 0.2) is 6.10 Å². The van der Waals surface area contributed by atoms with Gasteiger partial charge >= 0.3 is 0 Å². The predicted molar refractivity (Wildman–Crippen MR) is 91.3 cm³/mol. The fourth-order valence-electron chi connectivity index (χ4n) is 3.70. The van der Waals surface area contributed by atoms with Gasteiger partial charge in [-0.3, -0.25) is 9.59 Å². The molecule has 130 valence electrons. The SMILES string of the molecule is CC1(NC(=O)[C@H]2OCC(=O)N[C@@H]2c2ccccc2)CCCCCC1. The minimum absolute atomic E-state index is 0.0713. The summed E-state index contributed by atoms with van der Waals surface area (Å²) in [7, 11) is 0. The van der Waals surface area contributed by atoms with Gasteiger partial charge in [-0.25, -0.2) is 0 Å². The Hall–Kier alpha value is -1.88. The average molecular weight is 330 g/mol. The molecule has 1 aliphatic heterocycles. The smallest absolute Gasteiger partial charge is 0.252 e. The molecular formula is C19H26N2O3. The maximum atomic E-state index is 12.9. The van der Waals surface area contributed by atoms with E-state index in [2.05, 4.69) is 17.6 Å². The highest BCUT2D eigenvalue weighted by molar-refractivity contribution is 5.86. The summed E-state index contributed by atoms with van der Waals surface area (Å²) in [6.07, 6.45) is 6.04. The Morgan fingerprint density at radius 2 is 1.83 bits per heavy atom. The van der Waals surface area contributed by atoms with Crippen LogP contribution in [0.25, 0.3) is 0 Å². The molecule has 1 aromatic rings. The normalized spacial score (nSPS) is 27.0. The first kappa shape index (κ1) is 17.0. The molecule has 3 rings (SSSR count). The number of benzene rings is 1. The van der Waals surface area contributed by atoms with E-state index in [4.69, 9.17) is 4.74 Å². The highest BCUT2D eigenvalue weighted by Gasteiger charge is 2.38. The molecule has 1 aromatic carbocycles. The molecule has 2 fully saturated rings. The van der Waals surface area contributed by atoms with Crippen LogP contribution in [0, 0.1) is 0 Å². The number of amides is 2. The zero-order valence-corrected chi connectivity index (χ0v) is 14.2. The molecule has 2 atom stereocenters. The Morgan fingerprint density at radius 3 is 2.50 bits per heavy atom. The van der Waals surface area contributed by atoms with Gasteiger partial charge in [0.1, 0.15) is 6.61 Å². The summed E-state index contributed by atoms with van der Waals surface area (Å²) in [5.74, 6) is -0.318. The summed E-state index contributed by atoms with van der Waals surface area (Å²) < 4.78 is 5.61. The van der Waals surface area contributed by atoms with Crippen LogP contribution in [0.2, 0.25) is 0 Å². The van der Waals surface area contributed by atoms with E-state index < -0.39 is 12.1 Å². The monoisotopic (exact) mass is 330 g/mol. The van der Waals surface area contributed by atoms with E-state index in [1.807, 2.05) is 30.3 Å². The summed E-state index contributed by atoms with van der Waals surface area (Å²) >= 11 is 0. The van der Waals surface area contributed by atoms with Crippen LogP contribution in [0.4, 0.5) is 0 Å². The van der Waals surface area contributed by atoms with Crippen LogP contribution in [0.5, 0.6) is 0 Å².